The number of fused-ring (bicyclic) bond motifs is 3. The number of rotatable bonds is 1. The monoisotopic (exact) mass is 395 g/mol. The normalized spacial score (nSPS) is 14.4. The summed E-state index contributed by atoms with van der Waals surface area (Å²) in [6, 6.07) is 33.2. The van der Waals surface area contributed by atoms with Gasteiger partial charge in [-0.1, -0.05) is 98.8 Å². The Morgan fingerprint density at radius 1 is 0.548 bits per heavy atom. The van der Waals surface area contributed by atoms with E-state index in [1.807, 2.05) is 0 Å². The van der Waals surface area contributed by atoms with Gasteiger partial charge in [0.1, 0.15) is 0 Å². The third kappa shape index (κ3) is 2.13. The first-order chi connectivity index (χ1) is 15.1. The Morgan fingerprint density at radius 3 is 2.10 bits per heavy atom. The van der Waals surface area contributed by atoms with Crippen LogP contribution in [0.15, 0.2) is 91.0 Å². The smallest absolute Gasteiger partial charge is 0.0753 e. The van der Waals surface area contributed by atoms with E-state index in [2.05, 4.69) is 105 Å². The Labute approximate surface area is 181 Å². The molecule has 7 rings (SSSR count). The predicted molar refractivity (Wildman–Crippen MR) is 131 cm³/mol. The van der Waals surface area contributed by atoms with Gasteiger partial charge in [0, 0.05) is 16.5 Å². The summed E-state index contributed by atoms with van der Waals surface area (Å²) in [6.45, 7) is 4.60. The average molecular weight is 396 g/mol. The van der Waals surface area contributed by atoms with Crippen molar-refractivity contribution >= 4 is 32.3 Å². The van der Waals surface area contributed by atoms with Crippen molar-refractivity contribution in [2.45, 2.75) is 19.3 Å². The highest BCUT2D eigenvalue weighted by atomic mass is 14.7. The van der Waals surface area contributed by atoms with Crippen LogP contribution in [-0.2, 0) is 5.41 Å². The lowest BCUT2D eigenvalue weighted by Crippen LogP contribution is -2.14. The van der Waals surface area contributed by atoms with Gasteiger partial charge in [-0.3, -0.25) is 0 Å². The van der Waals surface area contributed by atoms with Crippen LogP contribution in [0.3, 0.4) is 0 Å². The van der Waals surface area contributed by atoms with Crippen LogP contribution in [0.25, 0.3) is 54.8 Å². The van der Waals surface area contributed by atoms with Crippen molar-refractivity contribution in [1.29, 1.82) is 0 Å². The van der Waals surface area contributed by atoms with Gasteiger partial charge in [-0.05, 0) is 49.5 Å². The first-order valence-electron chi connectivity index (χ1n) is 10.9. The van der Waals surface area contributed by atoms with E-state index in [-0.39, 0.29) is 5.41 Å². The van der Waals surface area contributed by atoms with Crippen LogP contribution in [0.2, 0.25) is 0 Å². The highest BCUT2D eigenvalue weighted by molar-refractivity contribution is 6.25. The van der Waals surface area contributed by atoms with Gasteiger partial charge in [0.25, 0.3) is 0 Å². The van der Waals surface area contributed by atoms with E-state index in [0.29, 0.717) is 0 Å². The molecule has 1 nitrogen and oxygen atoms in total. The van der Waals surface area contributed by atoms with E-state index in [4.69, 9.17) is 4.98 Å². The maximum atomic E-state index is 5.24. The molecule has 31 heavy (non-hydrogen) atoms. The molecule has 0 fully saturated rings. The molecule has 0 spiro atoms. The van der Waals surface area contributed by atoms with Crippen molar-refractivity contribution < 1.29 is 0 Å². The Balaban J connectivity index is 1.54. The largest absolute Gasteiger partial charge is 0.247 e. The summed E-state index contributed by atoms with van der Waals surface area (Å²) in [5.74, 6) is 0. The van der Waals surface area contributed by atoms with E-state index in [9.17, 15) is 0 Å². The van der Waals surface area contributed by atoms with Gasteiger partial charge in [-0.25, -0.2) is 4.98 Å². The standard InChI is InChI=1S/C30H21N/c1-30(2)24-9-4-3-8-23(24)29-25(30)16-17-26(31-29)21-14-12-20-11-10-18-6-5-7-19-13-15-22(21)28(20)27(18)19/h3-17H,1-2H3. The molecule has 146 valence electrons. The summed E-state index contributed by atoms with van der Waals surface area (Å²) in [4.78, 5) is 5.24. The molecule has 0 aliphatic heterocycles. The summed E-state index contributed by atoms with van der Waals surface area (Å²) in [5, 5.41) is 7.86. The number of pyridine rings is 1. The van der Waals surface area contributed by atoms with Crippen LogP contribution in [0.1, 0.15) is 25.0 Å². The van der Waals surface area contributed by atoms with Gasteiger partial charge in [0.05, 0.1) is 11.4 Å². The van der Waals surface area contributed by atoms with Gasteiger partial charge >= 0.3 is 0 Å². The number of nitrogens with zero attached hydrogens (tertiary/aromatic N) is 1. The Hall–Kier alpha value is -3.71. The predicted octanol–water partition coefficient (Wildman–Crippen LogP) is 7.95. The van der Waals surface area contributed by atoms with Gasteiger partial charge in [-0.15, -0.1) is 0 Å². The highest BCUT2D eigenvalue weighted by Gasteiger charge is 2.36. The van der Waals surface area contributed by atoms with E-state index >= 15 is 0 Å². The first kappa shape index (κ1) is 17.0. The van der Waals surface area contributed by atoms with Crippen molar-refractivity contribution in [1.82, 2.24) is 4.98 Å². The van der Waals surface area contributed by atoms with Crippen molar-refractivity contribution in [2.24, 2.45) is 0 Å². The van der Waals surface area contributed by atoms with Crippen LogP contribution in [0, 0.1) is 0 Å². The van der Waals surface area contributed by atoms with E-state index in [1.54, 1.807) is 0 Å². The number of benzene rings is 5. The molecular formula is C30H21N. The molecule has 1 heteroatoms. The molecule has 1 aliphatic rings. The maximum Gasteiger partial charge on any atom is 0.0753 e. The number of hydrogen-bond acceptors (Lipinski definition) is 1. The fourth-order valence-electron chi connectivity index (χ4n) is 5.66. The van der Waals surface area contributed by atoms with Crippen molar-refractivity contribution in [3.05, 3.63) is 102 Å². The van der Waals surface area contributed by atoms with E-state index < -0.39 is 0 Å². The number of aromatic nitrogens is 1. The molecule has 5 aromatic carbocycles. The number of hydrogen-bond donors (Lipinski definition) is 0. The Kier molecular flexibility index (Phi) is 3.13. The van der Waals surface area contributed by atoms with Crippen molar-refractivity contribution in [3.63, 3.8) is 0 Å². The van der Waals surface area contributed by atoms with Crippen LogP contribution in [-0.4, -0.2) is 4.98 Å². The highest BCUT2D eigenvalue weighted by Crippen LogP contribution is 2.48. The quantitative estimate of drug-likeness (QED) is 0.257. The van der Waals surface area contributed by atoms with Gasteiger partial charge in [0.15, 0.2) is 0 Å². The molecule has 0 atom stereocenters. The second-order valence-electron chi connectivity index (χ2n) is 9.23. The third-order valence-electron chi connectivity index (χ3n) is 7.23. The van der Waals surface area contributed by atoms with Crippen LogP contribution < -0.4 is 0 Å². The van der Waals surface area contributed by atoms with Gasteiger partial charge in [0.2, 0.25) is 0 Å². The van der Waals surface area contributed by atoms with Gasteiger partial charge in [-0.2, -0.15) is 0 Å². The van der Waals surface area contributed by atoms with Crippen LogP contribution in [0.4, 0.5) is 0 Å². The lowest BCUT2D eigenvalue weighted by Gasteiger charge is -2.21. The summed E-state index contributed by atoms with van der Waals surface area (Å²) < 4.78 is 0. The van der Waals surface area contributed by atoms with Crippen LogP contribution in [0.5, 0.6) is 0 Å². The molecule has 0 unspecified atom stereocenters. The minimum Gasteiger partial charge on any atom is -0.247 e. The molecule has 0 saturated carbocycles. The second kappa shape index (κ2) is 5.70. The summed E-state index contributed by atoms with van der Waals surface area (Å²) in [7, 11) is 0. The lowest BCUT2D eigenvalue weighted by atomic mass is 9.83. The minimum atomic E-state index is -0.0138. The van der Waals surface area contributed by atoms with Crippen molar-refractivity contribution in [2.75, 3.05) is 0 Å². The molecule has 1 heterocycles. The molecule has 0 saturated heterocycles. The zero-order chi connectivity index (χ0) is 20.7. The maximum absolute atomic E-state index is 5.24. The molecule has 0 radical (unpaired) electrons. The SMILES string of the molecule is CC1(C)c2ccccc2-c2nc(-c3ccc4ccc5cccc6ccc3c4c56)ccc21. The fourth-order valence-corrected chi connectivity index (χ4v) is 5.66. The molecule has 0 bridgehead atoms. The molecule has 1 aromatic heterocycles. The Morgan fingerprint density at radius 2 is 1.26 bits per heavy atom. The topological polar surface area (TPSA) is 12.9 Å². The molecule has 0 amide bonds. The third-order valence-corrected chi connectivity index (χ3v) is 7.23. The average Bonchev–Trinajstić information content (AvgIpc) is 3.04. The molecule has 6 aromatic rings. The molecule has 0 N–H and O–H groups in total. The lowest BCUT2D eigenvalue weighted by molar-refractivity contribution is 0.659. The summed E-state index contributed by atoms with van der Waals surface area (Å²) >= 11 is 0. The fraction of sp³-hybridized carbons (Fsp3) is 0.100. The van der Waals surface area contributed by atoms with Crippen LogP contribution >= 0.6 is 0 Å². The molecule has 1 aliphatic carbocycles. The first-order valence-corrected chi connectivity index (χ1v) is 10.9. The van der Waals surface area contributed by atoms with Gasteiger partial charge < -0.3 is 0 Å². The van der Waals surface area contributed by atoms with Crippen molar-refractivity contribution in [3.8, 4) is 22.5 Å². The van der Waals surface area contributed by atoms with E-state index in [1.165, 1.54) is 54.6 Å². The zero-order valence-electron chi connectivity index (χ0n) is 17.6. The summed E-state index contributed by atoms with van der Waals surface area (Å²) in [5.41, 5.74) is 7.31. The molecular weight excluding hydrogens is 374 g/mol. The van der Waals surface area contributed by atoms with E-state index in [0.717, 1.165) is 11.4 Å². The second-order valence-corrected chi connectivity index (χ2v) is 9.23. The zero-order valence-corrected chi connectivity index (χ0v) is 17.6. The minimum absolute atomic E-state index is 0.0138. The Bertz CT molecular complexity index is 1640. The summed E-state index contributed by atoms with van der Waals surface area (Å²) in [6.07, 6.45) is 0.